The minimum Gasteiger partial charge on any atom is -0.396 e. The van der Waals surface area contributed by atoms with E-state index in [2.05, 4.69) is 20.9 Å². The van der Waals surface area contributed by atoms with Gasteiger partial charge in [0.2, 0.25) is 5.95 Å². The number of aromatic nitrogens is 2. The Hall–Kier alpha value is -1.40. The van der Waals surface area contributed by atoms with Crippen LogP contribution in [-0.4, -0.2) is 40.8 Å². The van der Waals surface area contributed by atoms with E-state index in [9.17, 15) is 0 Å². The highest BCUT2D eigenvalue weighted by atomic mass is 16.3. The minimum atomic E-state index is 0.289. The van der Waals surface area contributed by atoms with Crippen LogP contribution in [0.5, 0.6) is 0 Å². The Morgan fingerprint density at radius 1 is 1.24 bits per heavy atom. The van der Waals surface area contributed by atoms with E-state index < -0.39 is 0 Å². The Kier molecular flexibility index (Phi) is 4.26. The summed E-state index contributed by atoms with van der Waals surface area (Å²) in [4.78, 5) is 11.1. The molecular weight excluding hydrogens is 266 g/mol. The molecule has 0 spiro atoms. The monoisotopic (exact) mass is 291 g/mol. The van der Waals surface area contributed by atoms with Crippen LogP contribution in [0.2, 0.25) is 0 Å². The van der Waals surface area contributed by atoms with Gasteiger partial charge >= 0.3 is 0 Å². The van der Waals surface area contributed by atoms with Crippen LogP contribution in [0.3, 0.4) is 0 Å². The molecule has 0 atom stereocenters. The normalized spacial score (nSPS) is 26.7. The zero-order chi connectivity index (χ0) is 14.8. The van der Waals surface area contributed by atoms with Crippen LogP contribution >= 0.6 is 0 Å². The second-order valence-corrected chi connectivity index (χ2v) is 6.38. The summed E-state index contributed by atoms with van der Waals surface area (Å²) in [6.45, 7) is 2.24. The molecule has 3 rings (SSSR count). The van der Waals surface area contributed by atoms with Crippen molar-refractivity contribution >= 4 is 11.8 Å². The highest BCUT2D eigenvalue weighted by Crippen LogP contribution is 2.36. The van der Waals surface area contributed by atoms with Gasteiger partial charge in [-0.3, -0.25) is 0 Å². The first-order valence-corrected chi connectivity index (χ1v) is 7.91. The van der Waals surface area contributed by atoms with E-state index in [1.165, 1.54) is 0 Å². The smallest absolute Gasteiger partial charge is 0.222 e. The summed E-state index contributed by atoms with van der Waals surface area (Å²) in [6, 6.07) is 2.39. The lowest BCUT2D eigenvalue weighted by molar-refractivity contribution is 0.240. The average molecular weight is 291 g/mol. The highest BCUT2D eigenvalue weighted by Gasteiger charge is 2.30. The van der Waals surface area contributed by atoms with Gasteiger partial charge in [0.1, 0.15) is 5.82 Å². The van der Waals surface area contributed by atoms with E-state index in [0.717, 1.165) is 56.7 Å². The van der Waals surface area contributed by atoms with Gasteiger partial charge in [0.15, 0.2) is 0 Å². The van der Waals surface area contributed by atoms with Gasteiger partial charge in [0.05, 0.1) is 5.69 Å². The summed E-state index contributed by atoms with van der Waals surface area (Å²) in [6.07, 6.45) is 5.11. The average Bonchev–Trinajstić information content (AvgIpc) is 2.44. The number of nitrogens with two attached hydrogens (primary N) is 2. The standard InChI is InChI=1S/C15H25N5O/c16-12-7-11(8-12)13-9-14(19-15(17)18-13)20-4-1-10(2-5-20)3-6-21/h9-12,21H,1-8,16H2,(H2,17,18,19). The molecule has 116 valence electrons. The predicted octanol–water partition coefficient (Wildman–Crippen LogP) is 0.862. The van der Waals surface area contributed by atoms with Crippen molar-refractivity contribution in [1.29, 1.82) is 0 Å². The molecular formula is C15H25N5O. The van der Waals surface area contributed by atoms with Crippen molar-refractivity contribution in [2.45, 2.75) is 44.1 Å². The van der Waals surface area contributed by atoms with E-state index in [1.807, 2.05) is 0 Å². The Bertz CT molecular complexity index is 481. The van der Waals surface area contributed by atoms with Crippen molar-refractivity contribution in [1.82, 2.24) is 9.97 Å². The maximum absolute atomic E-state index is 9.03. The molecule has 2 fully saturated rings. The van der Waals surface area contributed by atoms with E-state index in [0.29, 0.717) is 23.8 Å². The third kappa shape index (κ3) is 3.27. The fourth-order valence-electron chi connectivity index (χ4n) is 3.38. The molecule has 1 saturated carbocycles. The molecule has 21 heavy (non-hydrogen) atoms. The van der Waals surface area contributed by atoms with Gasteiger partial charge in [0.25, 0.3) is 0 Å². The number of hydrogen-bond acceptors (Lipinski definition) is 6. The third-order valence-electron chi connectivity index (χ3n) is 4.82. The topological polar surface area (TPSA) is 101 Å². The molecule has 1 saturated heterocycles. The Morgan fingerprint density at radius 2 is 1.95 bits per heavy atom. The van der Waals surface area contributed by atoms with Crippen molar-refractivity contribution in [2.24, 2.45) is 11.7 Å². The Balaban J connectivity index is 1.68. The number of rotatable bonds is 4. The summed E-state index contributed by atoms with van der Waals surface area (Å²) in [5.41, 5.74) is 12.8. The summed E-state index contributed by atoms with van der Waals surface area (Å²) in [7, 11) is 0. The first-order chi connectivity index (χ1) is 10.2. The SMILES string of the molecule is Nc1nc(C2CC(N)C2)cc(N2CCC(CCO)CC2)n1. The van der Waals surface area contributed by atoms with Gasteiger partial charge in [-0.15, -0.1) is 0 Å². The second kappa shape index (κ2) is 6.15. The molecule has 6 nitrogen and oxygen atoms in total. The lowest BCUT2D eigenvalue weighted by atomic mass is 9.78. The van der Waals surface area contributed by atoms with Crippen LogP contribution in [0.25, 0.3) is 0 Å². The molecule has 0 unspecified atom stereocenters. The number of aliphatic hydroxyl groups is 1. The van der Waals surface area contributed by atoms with E-state index in [4.69, 9.17) is 16.6 Å². The number of nitrogens with zero attached hydrogens (tertiary/aromatic N) is 3. The van der Waals surface area contributed by atoms with Crippen LogP contribution in [0.15, 0.2) is 6.07 Å². The zero-order valence-electron chi connectivity index (χ0n) is 12.4. The number of anilines is 2. The predicted molar refractivity (Wildman–Crippen MR) is 83.0 cm³/mol. The van der Waals surface area contributed by atoms with Gasteiger partial charge in [-0.2, -0.15) is 4.98 Å². The first kappa shape index (κ1) is 14.5. The lowest BCUT2D eigenvalue weighted by Crippen LogP contribution is -2.36. The Labute approximate surface area is 125 Å². The van der Waals surface area contributed by atoms with Crippen molar-refractivity contribution in [3.63, 3.8) is 0 Å². The number of aliphatic hydroxyl groups excluding tert-OH is 1. The summed E-state index contributed by atoms with van der Waals surface area (Å²) < 4.78 is 0. The molecule has 2 heterocycles. The molecule has 1 aromatic rings. The van der Waals surface area contributed by atoms with Crippen LogP contribution < -0.4 is 16.4 Å². The highest BCUT2D eigenvalue weighted by molar-refractivity contribution is 5.45. The first-order valence-electron chi connectivity index (χ1n) is 7.91. The summed E-state index contributed by atoms with van der Waals surface area (Å²) in [5, 5.41) is 9.03. The molecule has 0 radical (unpaired) electrons. The van der Waals surface area contributed by atoms with Crippen LogP contribution in [-0.2, 0) is 0 Å². The largest absolute Gasteiger partial charge is 0.396 e. The molecule has 0 aromatic carbocycles. The van der Waals surface area contributed by atoms with Gasteiger partial charge in [-0.25, -0.2) is 4.98 Å². The molecule has 0 amide bonds. The van der Waals surface area contributed by atoms with E-state index in [-0.39, 0.29) is 6.61 Å². The third-order valence-corrected chi connectivity index (χ3v) is 4.82. The van der Waals surface area contributed by atoms with E-state index in [1.54, 1.807) is 0 Å². The molecule has 6 heteroatoms. The fourth-order valence-corrected chi connectivity index (χ4v) is 3.38. The van der Waals surface area contributed by atoms with Crippen molar-refractivity contribution in [3.8, 4) is 0 Å². The lowest BCUT2D eigenvalue weighted by Gasteiger charge is -2.35. The molecule has 2 aliphatic rings. The number of piperidine rings is 1. The second-order valence-electron chi connectivity index (χ2n) is 6.38. The molecule has 1 aliphatic carbocycles. The fraction of sp³-hybridized carbons (Fsp3) is 0.733. The van der Waals surface area contributed by atoms with Crippen LogP contribution in [0.4, 0.5) is 11.8 Å². The number of nitrogen functional groups attached to an aromatic ring is 1. The van der Waals surface area contributed by atoms with Crippen molar-refractivity contribution in [2.75, 3.05) is 30.3 Å². The van der Waals surface area contributed by atoms with E-state index >= 15 is 0 Å². The van der Waals surface area contributed by atoms with Gasteiger partial charge in [-0.1, -0.05) is 0 Å². The maximum Gasteiger partial charge on any atom is 0.222 e. The van der Waals surface area contributed by atoms with Gasteiger partial charge < -0.3 is 21.5 Å². The van der Waals surface area contributed by atoms with Crippen LogP contribution in [0, 0.1) is 5.92 Å². The van der Waals surface area contributed by atoms with Crippen molar-refractivity contribution < 1.29 is 5.11 Å². The van der Waals surface area contributed by atoms with Gasteiger partial charge in [-0.05, 0) is 38.0 Å². The van der Waals surface area contributed by atoms with Crippen molar-refractivity contribution in [3.05, 3.63) is 11.8 Å². The minimum absolute atomic E-state index is 0.289. The van der Waals surface area contributed by atoms with Crippen LogP contribution in [0.1, 0.15) is 43.7 Å². The quantitative estimate of drug-likeness (QED) is 0.760. The molecule has 1 aromatic heterocycles. The molecule has 5 N–H and O–H groups in total. The molecule has 1 aliphatic heterocycles. The summed E-state index contributed by atoms with van der Waals surface area (Å²) in [5.74, 6) is 2.38. The Morgan fingerprint density at radius 3 is 2.57 bits per heavy atom. The summed E-state index contributed by atoms with van der Waals surface area (Å²) >= 11 is 0. The van der Waals surface area contributed by atoms with Gasteiger partial charge in [0, 0.05) is 37.7 Å². The maximum atomic E-state index is 9.03. The zero-order valence-corrected chi connectivity index (χ0v) is 12.4. The molecule has 0 bridgehead atoms. The number of hydrogen-bond donors (Lipinski definition) is 3.